The summed E-state index contributed by atoms with van der Waals surface area (Å²) in [7, 11) is 1.68. The average Bonchev–Trinajstić information content (AvgIpc) is 2.16. The fourth-order valence-electron chi connectivity index (χ4n) is 0.716. The lowest BCUT2D eigenvalue weighted by molar-refractivity contribution is -0.144. The highest BCUT2D eigenvalue weighted by atomic mass is 16.5. The van der Waals surface area contributed by atoms with Crippen LogP contribution in [0.2, 0.25) is 0 Å². The molecule has 0 aromatic rings. The Morgan fingerprint density at radius 2 is 2.23 bits per heavy atom. The van der Waals surface area contributed by atoms with Crippen LogP contribution in [0.25, 0.3) is 0 Å². The molecule has 78 valence electrons. The van der Waals surface area contributed by atoms with Crippen LogP contribution < -0.4 is 5.32 Å². The van der Waals surface area contributed by atoms with Crippen LogP contribution in [0.3, 0.4) is 0 Å². The molecule has 0 aromatic heterocycles. The van der Waals surface area contributed by atoms with Gasteiger partial charge in [0.25, 0.3) is 0 Å². The summed E-state index contributed by atoms with van der Waals surface area (Å²) in [5.74, 6) is -0.345. The Bertz CT molecular complexity index is 136. The van der Waals surface area contributed by atoms with Crippen molar-refractivity contribution in [2.75, 3.05) is 26.9 Å². The number of aliphatic hydroxyl groups is 2. The van der Waals surface area contributed by atoms with Gasteiger partial charge >= 0.3 is 5.97 Å². The van der Waals surface area contributed by atoms with Gasteiger partial charge in [0, 0.05) is 13.0 Å². The fraction of sp³-hybridized carbons (Fsp3) is 0.875. The maximum Gasteiger partial charge on any atom is 0.305 e. The lowest BCUT2D eigenvalue weighted by atomic mass is 10.3. The number of aliphatic hydroxyl groups excluding tert-OH is 2. The Morgan fingerprint density at radius 3 is 2.69 bits per heavy atom. The largest absolute Gasteiger partial charge is 0.464 e. The van der Waals surface area contributed by atoms with E-state index in [1.807, 2.05) is 0 Å². The Kier molecular flexibility index (Phi) is 7.57. The number of ether oxygens (including phenoxy) is 1. The molecule has 5 nitrogen and oxygen atoms in total. The molecule has 3 N–H and O–H groups in total. The first-order chi connectivity index (χ1) is 6.24. The Labute approximate surface area is 77.7 Å². The molecule has 0 aromatic carbocycles. The summed E-state index contributed by atoms with van der Waals surface area (Å²) in [4.78, 5) is 10.9. The summed E-state index contributed by atoms with van der Waals surface area (Å²) >= 11 is 0. The first kappa shape index (κ1) is 12.3. The highest BCUT2D eigenvalue weighted by molar-refractivity contribution is 5.69. The number of likely N-dealkylation sites (N-methyl/N-ethyl adjacent to an activating group) is 1. The molecule has 0 aliphatic heterocycles. The summed E-state index contributed by atoms with van der Waals surface area (Å²) in [5, 5.41) is 19.9. The van der Waals surface area contributed by atoms with Crippen LogP contribution in [0.4, 0.5) is 0 Å². The van der Waals surface area contributed by atoms with Crippen LogP contribution in [0.1, 0.15) is 12.8 Å². The third-order valence-corrected chi connectivity index (χ3v) is 1.61. The van der Waals surface area contributed by atoms with Gasteiger partial charge in [-0.25, -0.2) is 0 Å². The van der Waals surface area contributed by atoms with Crippen LogP contribution >= 0.6 is 0 Å². The van der Waals surface area contributed by atoms with Gasteiger partial charge in [-0.2, -0.15) is 0 Å². The first-order valence-corrected chi connectivity index (χ1v) is 4.29. The van der Waals surface area contributed by atoms with E-state index in [4.69, 9.17) is 14.9 Å². The van der Waals surface area contributed by atoms with Gasteiger partial charge in [-0.3, -0.25) is 4.79 Å². The van der Waals surface area contributed by atoms with Crippen LogP contribution in [-0.4, -0.2) is 49.1 Å². The van der Waals surface area contributed by atoms with Crippen LogP contribution in [0, 0.1) is 0 Å². The molecule has 0 spiro atoms. The summed E-state index contributed by atoms with van der Waals surface area (Å²) < 4.78 is 4.82. The lowest BCUT2D eigenvalue weighted by Crippen LogP contribution is -2.34. The van der Waals surface area contributed by atoms with E-state index >= 15 is 0 Å². The number of carbonyl (C=O) groups is 1. The Hall–Kier alpha value is -0.650. The lowest BCUT2D eigenvalue weighted by Gasteiger charge is -2.12. The SMILES string of the molecule is CNC(CO)COC(=O)CCCO. The standard InChI is InChI=1S/C8H17NO4/c1-9-7(5-11)6-13-8(12)3-2-4-10/h7,9-11H,2-6H2,1H3. The van der Waals surface area contributed by atoms with Gasteiger partial charge in [0.2, 0.25) is 0 Å². The molecule has 0 rings (SSSR count). The first-order valence-electron chi connectivity index (χ1n) is 4.29. The zero-order valence-electron chi connectivity index (χ0n) is 7.82. The van der Waals surface area contributed by atoms with E-state index in [0.29, 0.717) is 6.42 Å². The molecule has 1 atom stereocenters. The summed E-state index contributed by atoms with van der Waals surface area (Å²) in [6, 6.07) is -0.210. The number of hydrogen-bond acceptors (Lipinski definition) is 5. The number of carbonyl (C=O) groups excluding carboxylic acids is 1. The Morgan fingerprint density at radius 1 is 1.54 bits per heavy atom. The minimum atomic E-state index is -0.345. The van der Waals surface area contributed by atoms with E-state index < -0.39 is 0 Å². The zero-order chi connectivity index (χ0) is 10.1. The van der Waals surface area contributed by atoms with E-state index in [-0.39, 0.29) is 38.3 Å². The van der Waals surface area contributed by atoms with Crippen molar-refractivity contribution < 1.29 is 19.7 Å². The minimum absolute atomic E-state index is 0.00937. The quantitative estimate of drug-likeness (QED) is 0.444. The maximum absolute atomic E-state index is 10.9. The van der Waals surface area contributed by atoms with Crippen molar-refractivity contribution in [2.24, 2.45) is 0 Å². The monoisotopic (exact) mass is 191 g/mol. The fourth-order valence-corrected chi connectivity index (χ4v) is 0.716. The van der Waals surface area contributed by atoms with Crippen LogP contribution in [0.5, 0.6) is 0 Å². The summed E-state index contributed by atoms with van der Waals surface area (Å²) in [5.41, 5.74) is 0. The van der Waals surface area contributed by atoms with E-state index in [0.717, 1.165) is 0 Å². The molecule has 1 unspecified atom stereocenters. The van der Waals surface area contributed by atoms with Crippen molar-refractivity contribution in [1.29, 1.82) is 0 Å². The van der Waals surface area contributed by atoms with Crippen molar-refractivity contribution in [3.8, 4) is 0 Å². The second-order valence-electron chi connectivity index (χ2n) is 2.68. The van der Waals surface area contributed by atoms with E-state index in [2.05, 4.69) is 5.32 Å². The second kappa shape index (κ2) is 7.97. The molecular formula is C8H17NO4. The van der Waals surface area contributed by atoms with Crippen molar-refractivity contribution >= 4 is 5.97 Å². The van der Waals surface area contributed by atoms with Gasteiger partial charge in [-0.1, -0.05) is 0 Å². The third kappa shape index (κ3) is 6.51. The van der Waals surface area contributed by atoms with Gasteiger partial charge in [0.1, 0.15) is 6.61 Å². The highest BCUT2D eigenvalue weighted by Crippen LogP contribution is 1.93. The van der Waals surface area contributed by atoms with Crippen molar-refractivity contribution in [3.63, 3.8) is 0 Å². The van der Waals surface area contributed by atoms with E-state index in [9.17, 15) is 4.79 Å². The van der Waals surface area contributed by atoms with Crippen LogP contribution in [-0.2, 0) is 9.53 Å². The summed E-state index contributed by atoms with van der Waals surface area (Å²) in [6.45, 7) is 0.0889. The molecule has 0 saturated heterocycles. The smallest absolute Gasteiger partial charge is 0.305 e. The second-order valence-corrected chi connectivity index (χ2v) is 2.68. The topological polar surface area (TPSA) is 78.8 Å². The molecule has 0 aliphatic carbocycles. The maximum atomic E-state index is 10.9. The molecule has 0 aliphatic rings. The van der Waals surface area contributed by atoms with Crippen molar-refractivity contribution in [1.82, 2.24) is 5.32 Å². The molecule has 0 heterocycles. The van der Waals surface area contributed by atoms with Crippen molar-refractivity contribution in [3.05, 3.63) is 0 Å². The molecule has 0 saturated carbocycles. The van der Waals surface area contributed by atoms with Gasteiger partial charge in [-0.05, 0) is 13.5 Å². The number of nitrogens with one attached hydrogen (secondary N) is 1. The number of rotatable bonds is 7. The highest BCUT2D eigenvalue weighted by Gasteiger charge is 2.07. The predicted octanol–water partition coefficient (Wildman–Crippen LogP) is -1.12. The van der Waals surface area contributed by atoms with Gasteiger partial charge in [0.15, 0.2) is 0 Å². The van der Waals surface area contributed by atoms with Gasteiger partial charge < -0.3 is 20.3 Å². The zero-order valence-corrected chi connectivity index (χ0v) is 7.82. The van der Waals surface area contributed by atoms with Crippen LogP contribution in [0.15, 0.2) is 0 Å². The molecular weight excluding hydrogens is 174 g/mol. The average molecular weight is 191 g/mol. The molecule has 0 bridgehead atoms. The normalized spacial score (nSPS) is 12.5. The van der Waals surface area contributed by atoms with E-state index in [1.165, 1.54) is 0 Å². The van der Waals surface area contributed by atoms with Gasteiger partial charge in [-0.15, -0.1) is 0 Å². The molecule has 0 amide bonds. The Balaban J connectivity index is 3.44. The van der Waals surface area contributed by atoms with Crippen molar-refractivity contribution in [2.45, 2.75) is 18.9 Å². The minimum Gasteiger partial charge on any atom is -0.464 e. The van der Waals surface area contributed by atoms with E-state index in [1.54, 1.807) is 7.05 Å². The predicted molar refractivity (Wildman–Crippen MR) is 47.2 cm³/mol. The number of hydrogen-bond donors (Lipinski definition) is 3. The molecule has 13 heavy (non-hydrogen) atoms. The third-order valence-electron chi connectivity index (χ3n) is 1.61. The molecule has 0 fully saturated rings. The van der Waals surface area contributed by atoms with Gasteiger partial charge in [0.05, 0.1) is 12.6 Å². The molecule has 5 heteroatoms. The molecule has 0 radical (unpaired) electrons. The summed E-state index contributed by atoms with van der Waals surface area (Å²) in [6.07, 6.45) is 0.639. The number of esters is 1.